The lowest BCUT2D eigenvalue weighted by atomic mass is 9.74. The summed E-state index contributed by atoms with van der Waals surface area (Å²) in [6.45, 7) is 2.05. The van der Waals surface area contributed by atoms with Gasteiger partial charge >= 0.3 is 0 Å². The van der Waals surface area contributed by atoms with Crippen LogP contribution in [0.2, 0.25) is 0 Å². The Balaban J connectivity index is 0.00000108. The van der Waals surface area contributed by atoms with Crippen LogP contribution in [0.4, 0.5) is 5.69 Å². The number of nitro benzene ring substituents is 1. The molecule has 2 unspecified atom stereocenters. The van der Waals surface area contributed by atoms with Crippen LogP contribution in [0.5, 0.6) is 0 Å². The summed E-state index contributed by atoms with van der Waals surface area (Å²) in [5.41, 5.74) is 2.73. The number of hydrogen-bond donors (Lipinski definition) is 1. The summed E-state index contributed by atoms with van der Waals surface area (Å²) in [5.74, 6) is 1.19. The third-order valence-electron chi connectivity index (χ3n) is 3.73. The molecule has 1 fully saturated rings. The zero-order valence-electron chi connectivity index (χ0n) is 9.39. The summed E-state index contributed by atoms with van der Waals surface area (Å²) in [7, 11) is 0. The maximum atomic E-state index is 10.7. The number of hydrogen-bond acceptors (Lipinski definition) is 3. The van der Waals surface area contributed by atoms with E-state index in [1.165, 1.54) is 17.5 Å². The standard InChI is InChI=1S/C12H14N2O2.ClH/c15-14(16)11-2-1-9-3-8-4-10(7-13-6-8)12(9)5-11;/h1-2,5,8,10,13H,3-4,6-7H2;1H. The van der Waals surface area contributed by atoms with Crippen LogP contribution in [-0.2, 0) is 6.42 Å². The third-order valence-corrected chi connectivity index (χ3v) is 3.73. The van der Waals surface area contributed by atoms with Gasteiger partial charge in [0, 0.05) is 18.7 Å². The molecule has 0 radical (unpaired) electrons. The maximum absolute atomic E-state index is 10.7. The molecule has 0 spiro atoms. The Morgan fingerprint density at radius 1 is 1.35 bits per heavy atom. The summed E-state index contributed by atoms with van der Waals surface area (Å²) in [4.78, 5) is 10.4. The van der Waals surface area contributed by atoms with E-state index in [-0.39, 0.29) is 23.0 Å². The molecule has 1 aromatic carbocycles. The quantitative estimate of drug-likeness (QED) is 0.618. The normalized spacial score (nSPS) is 25.6. The lowest BCUT2D eigenvalue weighted by molar-refractivity contribution is -0.385. The lowest BCUT2D eigenvalue weighted by Crippen LogP contribution is -2.39. The number of nitrogens with one attached hydrogen (secondary N) is 1. The fourth-order valence-corrected chi connectivity index (χ4v) is 3.00. The highest BCUT2D eigenvalue weighted by molar-refractivity contribution is 5.85. The van der Waals surface area contributed by atoms with E-state index in [9.17, 15) is 10.1 Å². The highest BCUT2D eigenvalue weighted by Crippen LogP contribution is 2.38. The highest BCUT2D eigenvalue weighted by atomic mass is 35.5. The van der Waals surface area contributed by atoms with Crippen LogP contribution in [0.1, 0.15) is 23.5 Å². The van der Waals surface area contributed by atoms with Crippen molar-refractivity contribution in [1.29, 1.82) is 0 Å². The number of non-ortho nitro benzene ring substituents is 1. The molecule has 0 amide bonds. The minimum absolute atomic E-state index is 0. The van der Waals surface area contributed by atoms with E-state index in [4.69, 9.17) is 0 Å². The number of rotatable bonds is 1. The SMILES string of the molecule is Cl.O=[N+]([O-])c1ccc2c(c1)C1CNCC(C2)C1. The number of fused-ring (bicyclic) bond motifs is 4. The Kier molecular flexibility index (Phi) is 3.35. The van der Waals surface area contributed by atoms with Crippen LogP contribution in [0.3, 0.4) is 0 Å². The molecule has 0 aromatic heterocycles. The minimum atomic E-state index is -0.303. The molecule has 1 saturated heterocycles. The van der Waals surface area contributed by atoms with Gasteiger partial charge in [-0.3, -0.25) is 10.1 Å². The first-order chi connectivity index (χ1) is 7.74. The molecule has 17 heavy (non-hydrogen) atoms. The predicted octanol–water partition coefficient (Wildman–Crippen LogP) is 2.27. The van der Waals surface area contributed by atoms with Gasteiger partial charge in [0.25, 0.3) is 5.69 Å². The molecule has 2 atom stereocenters. The summed E-state index contributed by atoms with van der Waals surface area (Å²) < 4.78 is 0. The second-order valence-electron chi connectivity index (χ2n) is 4.80. The van der Waals surface area contributed by atoms with Crippen molar-refractivity contribution in [3.05, 3.63) is 39.4 Å². The molecule has 3 rings (SSSR count). The van der Waals surface area contributed by atoms with Crippen LogP contribution in [0, 0.1) is 16.0 Å². The van der Waals surface area contributed by atoms with Crippen molar-refractivity contribution in [3.63, 3.8) is 0 Å². The molecule has 0 saturated carbocycles. The van der Waals surface area contributed by atoms with Gasteiger partial charge in [-0.1, -0.05) is 6.07 Å². The molecular weight excluding hydrogens is 240 g/mol. The number of halogens is 1. The summed E-state index contributed by atoms with van der Waals surface area (Å²) in [6.07, 6.45) is 2.25. The number of piperidine rings is 1. The van der Waals surface area contributed by atoms with E-state index < -0.39 is 0 Å². The second-order valence-corrected chi connectivity index (χ2v) is 4.80. The van der Waals surface area contributed by atoms with E-state index in [0.717, 1.165) is 19.5 Å². The van der Waals surface area contributed by atoms with E-state index in [2.05, 4.69) is 5.32 Å². The molecular formula is C12H15ClN2O2. The van der Waals surface area contributed by atoms with Crippen LogP contribution in [-0.4, -0.2) is 18.0 Å². The molecule has 5 heteroatoms. The largest absolute Gasteiger partial charge is 0.316 e. The predicted molar refractivity (Wildman–Crippen MR) is 67.8 cm³/mol. The van der Waals surface area contributed by atoms with Crippen LogP contribution in [0.15, 0.2) is 18.2 Å². The molecule has 1 aliphatic heterocycles. The fraction of sp³-hybridized carbons (Fsp3) is 0.500. The number of benzene rings is 1. The fourth-order valence-electron chi connectivity index (χ4n) is 3.00. The Bertz CT molecular complexity index is 450. The second kappa shape index (κ2) is 4.63. The summed E-state index contributed by atoms with van der Waals surface area (Å²) in [6, 6.07) is 5.34. The Morgan fingerprint density at radius 2 is 2.18 bits per heavy atom. The molecule has 1 aliphatic carbocycles. The summed E-state index contributed by atoms with van der Waals surface area (Å²) >= 11 is 0. The van der Waals surface area contributed by atoms with Crippen molar-refractivity contribution in [2.24, 2.45) is 5.92 Å². The zero-order valence-corrected chi connectivity index (χ0v) is 10.2. The van der Waals surface area contributed by atoms with Crippen molar-refractivity contribution >= 4 is 18.1 Å². The van der Waals surface area contributed by atoms with E-state index in [1.807, 2.05) is 6.07 Å². The molecule has 2 bridgehead atoms. The van der Waals surface area contributed by atoms with Crippen molar-refractivity contribution in [1.82, 2.24) is 5.32 Å². The highest BCUT2D eigenvalue weighted by Gasteiger charge is 2.31. The molecule has 1 N–H and O–H groups in total. The topological polar surface area (TPSA) is 55.2 Å². The van der Waals surface area contributed by atoms with Crippen molar-refractivity contribution in [3.8, 4) is 0 Å². The molecule has 1 aromatic rings. The van der Waals surface area contributed by atoms with Gasteiger partial charge in [-0.05, 0) is 42.3 Å². The number of nitrogens with zero attached hydrogens (tertiary/aromatic N) is 1. The zero-order chi connectivity index (χ0) is 11.1. The van der Waals surface area contributed by atoms with Crippen LogP contribution in [0.25, 0.3) is 0 Å². The first-order valence-corrected chi connectivity index (χ1v) is 5.72. The van der Waals surface area contributed by atoms with Gasteiger partial charge in [-0.25, -0.2) is 0 Å². The van der Waals surface area contributed by atoms with Crippen molar-refractivity contribution in [2.45, 2.75) is 18.8 Å². The van der Waals surface area contributed by atoms with Gasteiger partial charge in [-0.15, -0.1) is 12.4 Å². The lowest BCUT2D eigenvalue weighted by Gasteiger charge is -2.36. The minimum Gasteiger partial charge on any atom is -0.316 e. The van der Waals surface area contributed by atoms with E-state index >= 15 is 0 Å². The van der Waals surface area contributed by atoms with E-state index in [0.29, 0.717) is 11.8 Å². The van der Waals surface area contributed by atoms with Crippen molar-refractivity contribution < 1.29 is 4.92 Å². The average molecular weight is 255 g/mol. The number of nitro groups is 1. The maximum Gasteiger partial charge on any atom is 0.269 e. The summed E-state index contributed by atoms with van der Waals surface area (Å²) in [5, 5.41) is 14.2. The molecule has 4 nitrogen and oxygen atoms in total. The Hall–Kier alpha value is -1.13. The van der Waals surface area contributed by atoms with Gasteiger partial charge in [0.2, 0.25) is 0 Å². The molecule has 92 valence electrons. The monoisotopic (exact) mass is 254 g/mol. The van der Waals surface area contributed by atoms with Gasteiger partial charge in [0.1, 0.15) is 0 Å². The molecule has 2 aliphatic rings. The molecule has 1 heterocycles. The van der Waals surface area contributed by atoms with Gasteiger partial charge < -0.3 is 5.32 Å². The first kappa shape index (κ1) is 12.3. The third kappa shape index (κ3) is 2.15. The van der Waals surface area contributed by atoms with Gasteiger partial charge in [-0.2, -0.15) is 0 Å². The average Bonchev–Trinajstić information content (AvgIpc) is 2.29. The van der Waals surface area contributed by atoms with Crippen molar-refractivity contribution in [2.75, 3.05) is 13.1 Å². The Labute approximate surface area is 106 Å². The van der Waals surface area contributed by atoms with E-state index in [1.54, 1.807) is 12.1 Å². The first-order valence-electron chi connectivity index (χ1n) is 5.72. The van der Waals surface area contributed by atoms with Gasteiger partial charge in [0.15, 0.2) is 0 Å². The smallest absolute Gasteiger partial charge is 0.269 e. The van der Waals surface area contributed by atoms with Crippen LogP contribution >= 0.6 is 12.4 Å². The Morgan fingerprint density at radius 3 is 2.94 bits per heavy atom. The van der Waals surface area contributed by atoms with Gasteiger partial charge in [0.05, 0.1) is 4.92 Å². The van der Waals surface area contributed by atoms with Crippen LogP contribution < -0.4 is 5.32 Å².